The molecule has 2 amide bonds. The van der Waals surface area contributed by atoms with Gasteiger partial charge in [0.25, 0.3) is 5.91 Å². The van der Waals surface area contributed by atoms with E-state index in [1.807, 2.05) is 71.4 Å². The number of fused-ring (bicyclic) bond motifs is 1. The molecule has 3 aromatic heterocycles. The molecule has 0 saturated carbocycles. The van der Waals surface area contributed by atoms with Gasteiger partial charge in [-0.05, 0) is 42.8 Å². The molecule has 1 aliphatic rings. The molecule has 0 aliphatic carbocycles. The molecule has 156 valence electrons. The normalized spacial score (nSPS) is 16.0. The number of thiophene rings is 1. The molecule has 1 aliphatic heterocycles. The van der Waals surface area contributed by atoms with Crippen LogP contribution in [-0.4, -0.2) is 38.7 Å². The zero-order chi connectivity index (χ0) is 21.4. The molecule has 1 N–H and O–H groups in total. The van der Waals surface area contributed by atoms with Crippen LogP contribution in [0.4, 0.5) is 5.82 Å². The molecule has 31 heavy (non-hydrogen) atoms. The maximum absolute atomic E-state index is 13.4. The van der Waals surface area contributed by atoms with E-state index in [9.17, 15) is 9.59 Å². The summed E-state index contributed by atoms with van der Waals surface area (Å²) in [6, 6.07) is 16.9. The van der Waals surface area contributed by atoms with Crippen LogP contribution in [0.5, 0.6) is 0 Å². The van der Waals surface area contributed by atoms with Gasteiger partial charge in [-0.2, -0.15) is 0 Å². The SMILES string of the molecule is Cc1cccn2c(NC(=O)[C@@H]3CCCN3C(=O)c3cccs3)c(-c3ccccc3)nc12. The number of aryl methyl sites for hydroxylation is 1. The monoisotopic (exact) mass is 430 g/mol. The lowest BCUT2D eigenvalue weighted by Gasteiger charge is -2.23. The topological polar surface area (TPSA) is 66.7 Å². The van der Waals surface area contributed by atoms with Crippen LogP contribution < -0.4 is 5.32 Å². The summed E-state index contributed by atoms with van der Waals surface area (Å²) in [5.41, 5.74) is 3.47. The van der Waals surface area contributed by atoms with E-state index in [0.29, 0.717) is 23.7 Å². The summed E-state index contributed by atoms with van der Waals surface area (Å²) < 4.78 is 1.91. The highest BCUT2D eigenvalue weighted by atomic mass is 32.1. The number of aromatic nitrogens is 2. The van der Waals surface area contributed by atoms with Crippen LogP contribution in [-0.2, 0) is 4.79 Å². The lowest BCUT2D eigenvalue weighted by Crippen LogP contribution is -2.43. The molecule has 1 atom stereocenters. The Hall–Kier alpha value is -3.45. The standard InChI is InChI=1S/C24H22N4O2S/c1-16-8-5-14-28-21(16)25-20(17-9-3-2-4-10-17)22(28)26-23(29)18-11-6-13-27(18)24(30)19-12-7-15-31-19/h2-5,7-10,12,14-15,18H,6,11,13H2,1H3,(H,26,29)/t18-/m0/s1. The van der Waals surface area contributed by atoms with Crippen LogP contribution in [0.3, 0.4) is 0 Å². The smallest absolute Gasteiger partial charge is 0.264 e. The number of benzene rings is 1. The fourth-order valence-electron chi connectivity index (χ4n) is 4.14. The van der Waals surface area contributed by atoms with Crippen molar-refractivity contribution in [2.75, 3.05) is 11.9 Å². The number of likely N-dealkylation sites (tertiary alicyclic amines) is 1. The Bertz CT molecular complexity index is 1250. The molecule has 6 nitrogen and oxygen atoms in total. The first-order chi connectivity index (χ1) is 15.1. The van der Waals surface area contributed by atoms with Crippen molar-refractivity contribution in [3.8, 4) is 11.3 Å². The number of rotatable bonds is 4. The zero-order valence-corrected chi connectivity index (χ0v) is 17.9. The highest BCUT2D eigenvalue weighted by Gasteiger charge is 2.35. The van der Waals surface area contributed by atoms with Crippen LogP contribution in [0.25, 0.3) is 16.9 Å². The Balaban J connectivity index is 1.50. The van der Waals surface area contributed by atoms with E-state index in [-0.39, 0.29) is 11.8 Å². The highest BCUT2D eigenvalue weighted by molar-refractivity contribution is 7.12. The third-order valence-corrected chi connectivity index (χ3v) is 6.54. The summed E-state index contributed by atoms with van der Waals surface area (Å²) in [7, 11) is 0. The first-order valence-corrected chi connectivity index (χ1v) is 11.2. The average molecular weight is 431 g/mol. The van der Waals surface area contributed by atoms with E-state index >= 15 is 0 Å². The van der Waals surface area contributed by atoms with E-state index < -0.39 is 6.04 Å². The van der Waals surface area contributed by atoms with Crippen LogP contribution in [0, 0.1) is 6.92 Å². The second kappa shape index (κ2) is 8.00. The van der Waals surface area contributed by atoms with Crippen molar-refractivity contribution in [3.63, 3.8) is 0 Å². The van der Waals surface area contributed by atoms with E-state index in [2.05, 4.69) is 5.32 Å². The van der Waals surface area contributed by atoms with Crippen molar-refractivity contribution >= 4 is 34.6 Å². The molecule has 1 aromatic carbocycles. The maximum atomic E-state index is 13.4. The molecule has 0 radical (unpaired) electrons. The lowest BCUT2D eigenvalue weighted by molar-refractivity contribution is -0.119. The third kappa shape index (κ3) is 3.51. The fraction of sp³-hybridized carbons (Fsp3) is 0.208. The summed E-state index contributed by atoms with van der Waals surface area (Å²) in [6.07, 6.45) is 3.37. The Morgan fingerprint density at radius 1 is 1.10 bits per heavy atom. The predicted molar refractivity (Wildman–Crippen MR) is 122 cm³/mol. The molecule has 4 heterocycles. The van der Waals surface area contributed by atoms with Gasteiger partial charge in [-0.25, -0.2) is 4.98 Å². The Morgan fingerprint density at radius 3 is 2.71 bits per heavy atom. The van der Waals surface area contributed by atoms with Gasteiger partial charge >= 0.3 is 0 Å². The number of pyridine rings is 1. The van der Waals surface area contributed by atoms with Crippen molar-refractivity contribution in [3.05, 3.63) is 76.6 Å². The second-order valence-electron chi connectivity index (χ2n) is 7.68. The first-order valence-electron chi connectivity index (χ1n) is 10.3. The van der Waals surface area contributed by atoms with Crippen LogP contribution in [0.15, 0.2) is 66.2 Å². The van der Waals surface area contributed by atoms with Crippen molar-refractivity contribution in [1.82, 2.24) is 14.3 Å². The largest absolute Gasteiger partial charge is 0.326 e. The van der Waals surface area contributed by atoms with Crippen molar-refractivity contribution in [2.45, 2.75) is 25.8 Å². The number of nitrogens with zero attached hydrogens (tertiary/aromatic N) is 3. The Kier molecular flexibility index (Phi) is 5.03. The van der Waals surface area contributed by atoms with E-state index in [1.54, 1.807) is 11.0 Å². The summed E-state index contributed by atoms with van der Waals surface area (Å²) in [5, 5.41) is 4.98. The van der Waals surface area contributed by atoms with Crippen molar-refractivity contribution in [1.29, 1.82) is 0 Å². The van der Waals surface area contributed by atoms with Gasteiger partial charge in [0.1, 0.15) is 23.2 Å². The highest BCUT2D eigenvalue weighted by Crippen LogP contribution is 2.31. The van der Waals surface area contributed by atoms with Crippen LogP contribution in [0.2, 0.25) is 0 Å². The summed E-state index contributed by atoms with van der Waals surface area (Å²) >= 11 is 1.40. The minimum Gasteiger partial charge on any atom is -0.326 e. The van der Waals surface area contributed by atoms with Crippen molar-refractivity contribution in [2.24, 2.45) is 0 Å². The van der Waals surface area contributed by atoms with Gasteiger partial charge < -0.3 is 10.2 Å². The number of carbonyl (C=O) groups excluding carboxylic acids is 2. The van der Waals surface area contributed by atoms with Gasteiger partial charge in [0, 0.05) is 18.3 Å². The number of hydrogen-bond acceptors (Lipinski definition) is 4. The van der Waals surface area contributed by atoms with Gasteiger partial charge in [0.15, 0.2) is 0 Å². The summed E-state index contributed by atoms with van der Waals surface area (Å²) in [4.78, 5) is 33.5. The van der Waals surface area contributed by atoms with Crippen LogP contribution in [0.1, 0.15) is 28.1 Å². The molecular formula is C24H22N4O2S. The summed E-state index contributed by atoms with van der Waals surface area (Å²) in [6.45, 7) is 2.59. The number of imidazole rings is 1. The second-order valence-corrected chi connectivity index (χ2v) is 8.63. The van der Waals surface area contributed by atoms with Gasteiger partial charge in [-0.1, -0.05) is 42.5 Å². The summed E-state index contributed by atoms with van der Waals surface area (Å²) in [5.74, 6) is 0.373. The fourth-order valence-corrected chi connectivity index (χ4v) is 4.82. The molecular weight excluding hydrogens is 408 g/mol. The van der Waals surface area contributed by atoms with Crippen molar-refractivity contribution < 1.29 is 9.59 Å². The number of amides is 2. The van der Waals surface area contributed by atoms with Gasteiger partial charge in [-0.3, -0.25) is 14.0 Å². The van der Waals surface area contributed by atoms with Crippen LogP contribution >= 0.6 is 11.3 Å². The Labute approximate surface area is 184 Å². The molecule has 0 bridgehead atoms. The first kappa shape index (κ1) is 19.5. The van der Waals surface area contributed by atoms with Gasteiger partial charge in [0.05, 0.1) is 4.88 Å². The third-order valence-electron chi connectivity index (χ3n) is 5.68. The maximum Gasteiger partial charge on any atom is 0.264 e. The van der Waals surface area contributed by atoms with Gasteiger partial charge in [0.2, 0.25) is 5.91 Å². The predicted octanol–water partition coefficient (Wildman–Crippen LogP) is 4.61. The van der Waals surface area contributed by atoms with E-state index in [4.69, 9.17) is 4.98 Å². The van der Waals surface area contributed by atoms with Gasteiger partial charge in [-0.15, -0.1) is 11.3 Å². The number of carbonyl (C=O) groups is 2. The molecule has 1 fully saturated rings. The minimum absolute atomic E-state index is 0.0788. The molecule has 0 unspecified atom stereocenters. The molecule has 7 heteroatoms. The minimum atomic E-state index is -0.492. The zero-order valence-electron chi connectivity index (χ0n) is 17.1. The van der Waals surface area contributed by atoms with E-state index in [0.717, 1.165) is 28.9 Å². The average Bonchev–Trinajstić information content (AvgIpc) is 3.55. The number of anilines is 1. The lowest BCUT2D eigenvalue weighted by atomic mass is 10.1. The molecule has 5 rings (SSSR count). The number of hydrogen-bond donors (Lipinski definition) is 1. The quantitative estimate of drug-likeness (QED) is 0.514. The van der Waals surface area contributed by atoms with E-state index in [1.165, 1.54) is 11.3 Å². The molecule has 4 aromatic rings. The number of nitrogens with one attached hydrogen (secondary N) is 1. The molecule has 1 saturated heterocycles. The Morgan fingerprint density at radius 2 is 1.94 bits per heavy atom. The molecule has 0 spiro atoms.